The fraction of sp³-hybridized carbons (Fsp3) is 0.318. The summed E-state index contributed by atoms with van der Waals surface area (Å²) in [5.74, 6) is -0.252. The number of thiophene rings is 1. The van der Waals surface area contributed by atoms with Crippen LogP contribution in [-0.2, 0) is 0 Å². The van der Waals surface area contributed by atoms with Crippen LogP contribution in [0.3, 0.4) is 0 Å². The first-order valence-electron chi connectivity index (χ1n) is 9.91. The predicted molar refractivity (Wildman–Crippen MR) is 118 cm³/mol. The van der Waals surface area contributed by atoms with Crippen LogP contribution in [0.2, 0.25) is 0 Å². The number of rotatable bonds is 6. The Hall–Kier alpha value is -2.77. The molecule has 1 saturated heterocycles. The van der Waals surface area contributed by atoms with Crippen LogP contribution in [-0.4, -0.2) is 35.0 Å². The molecule has 3 aromatic rings. The van der Waals surface area contributed by atoms with E-state index >= 15 is 0 Å². The molecule has 0 unspecified atom stereocenters. The van der Waals surface area contributed by atoms with E-state index in [9.17, 15) is 4.79 Å². The standard InChI is InChI=1S/C22H25N5OS/c1-16(21-3-2-14-29-21)25-18-8-12-27(13-9-18)19-6-4-17(5-7-19)26-22(28)20-15-23-10-11-24-20/h2-7,10-11,14-16,18,25H,8-9,12-13H2,1H3,(H,26,28)/t16-/m1/s1. The van der Waals surface area contributed by atoms with Gasteiger partial charge < -0.3 is 15.5 Å². The third kappa shape index (κ3) is 4.99. The lowest BCUT2D eigenvalue weighted by atomic mass is 10.0. The van der Waals surface area contributed by atoms with Gasteiger partial charge in [-0.25, -0.2) is 4.98 Å². The summed E-state index contributed by atoms with van der Waals surface area (Å²) < 4.78 is 0. The normalized spacial score (nSPS) is 15.8. The Bertz CT molecular complexity index is 906. The molecule has 29 heavy (non-hydrogen) atoms. The number of hydrogen-bond acceptors (Lipinski definition) is 6. The Morgan fingerprint density at radius 1 is 1.17 bits per heavy atom. The van der Waals surface area contributed by atoms with Gasteiger partial charge in [0.1, 0.15) is 5.69 Å². The molecule has 150 valence electrons. The summed E-state index contributed by atoms with van der Waals surface area (Å²) in [5.41, 5.74) is 2.25. The first-order valence-corrected chi connectivity index (χ1v) is 10.8. The summed E-state index contributed by atoms with van der Waals surface area (Å²) >= 11 is 1.81. The van der Waals surface area contributed by atoms with Gasteiger partial charge in [0, 0.05) is 53.8 Å². The highest BCUT2D eigenvalue weighted by Crippen LogP contribution is 2.25. The lowest BCUT2D eigenvalue weighted by molar-refractivity contribution is 0.102. The third-order valence-corrected chi connectivity index (χ3v) is 6.29. The van der Waals surface area contributed by atoms with Gasteiger partial charge in [-0.2, -0.15) is 0 Å². The summed E-state index contributed by atoms with van der Waals surface area (Å²) in [6.07, 6.45) is 6.77. The quantitative estimate of drug-likeness (QED) is 0.643. The van der Waals surface area contributed by atoms with E-state index in [4.69, 9.17) is 0 Å². The molecule has 0 radical (unpaired) electrons. The number of aromatic nitrogens is 2. The smallest absolute Gasteiger partial charge is 0.275 e. The highest BCUT2D eigenvalue weighted by Gasteiger charge is 2.21. The van der Waals surface area contributed by atoms with Crippen LogP contribution in [0.1, 0.15) is 41.2 Å². The number of amides is 1. The average molecular weight is 408 g/mol. The summed E-state index contributed by atoms with van der Waals surface area (Å²) in [5, 5.41) is 8.76. The van der Waals surface area contributed by atoms with Crippen molar-refractivity contribution in [3.05, 3.63) is 70.9 Å². The molecular formula is C22H25N5OS. The van der Waals surface area contributed by atoms with E-state index in [1.54, 1.807) is 6.20 Å². The highest BCUT2D eigenvalue weighted by molar-refractivity contribution is 7.10. The van der Waals surface area contributed by atoms with E-state index in [0.717, 1.165) is 31.6 Å². The van der Waals surface area contributed by atoms with Crippen molar-refractivity contribution in [2.45, 2.75) is 31.8 Å². The van der Waals surface area contributed by atoms with Crippen LogP contribution in [0.25, 0.3) is 0 Å². The van der Waals surface area contributed by atoms with Crippen molar-refractivity contribution >= 4 is 28.6 Å². The topological polar surface area (TPSA) is 70.2 Å². The molecule has 2 aromatic heterocycles. The van der Waals surface area contributed by atoms with Gasteiger partial charge >= 0.3 is 0 Å². The Labute approximate surface area is 175 Å². The van der Waals surface area contributed by atoms with Gasteiger partial charge in [-0.15, -0.1) is 11.3 Å². The van der Waals surface area contributed by atoms with Crippen LogP contribution in [0, 0.1) is 0 Å². The van der Waals surface area contributed by atoms with Gasteiger partial charge in [-0.05, 0) is 55.5 Å². The number of nitrogens with zero attached hydrogens (tertiary/aromatic N) is 3. The monoisotopic (exact) mass is 407 g/mol. The maximum atomic E-state index is 12.2. The Kier molecular flexibility index (Phi) is 6.17. The SMILES string of the molecule is C[C@@H](NC1CCN(c2ccc(NC(=O)c3cnccn3)cc2)CC1)c1cccs1. The van der Waals surface area contributed by atoms with E-state index in [1.165, 1.54) is 23.0 Å². The van der Waals surface area contributed by atoms with Gasteiger partial charge in [-0.1, -0.05) is 6.07 Å². The molecule has 2 N–H and O–H groups in total. The molecular weight excluding hydrogens is 382 g/mol. The second-order valence-electron chi connectivity index (χ2n) is 7.26. The fourth-order valence-corrected chi connectivity index (χ4v) is 4.39. The first-order chi connectivity index (χ1) is 14.2. The average Bonchev–Trinajstić information content (AvgIpc) is 3.31. The molecule has 4 rings (SSSR count). The molecule has 0 aliphatic carbocycles. The van der Waals surface area contributed by atoms with Gasteiger partial charge in [-0.3, -0.25) is 9.78 Å². The van der Waals surface area contributed by atoms with Gasteiger partial charge in [0.15, 0.2) is 0 Å². The lowest BCUT2D eigenvalue weighted by Gasteiger charge is -2.35. The Morgan fingerprint density at radius 2 is 1.97 bits per heavy atom. The lowest BCUT2D eigenvalue weighted by Crippen LogP contribution is -2.43. The summed E-state index contributed by atoms with van der Waals surface area (Å²) in [7, 11) is 0. The number of carbonyl (C=O) groups is 1. The second kappa shape index (κ2) is 9.15. The van der Waals surface area contributed by atoms with Crippen LogP contribution in [0.15, 0.2) is 60.4 Å². The molecule has 3 heterocycles. The predicted octanol–water partition coefficient (Wildman–Crippen LogP) is 4.11. The molecule has 7 heteroatoms. The summed E-state index contributed by atoms with van der Waals surface area (Å²) in [6, 6.07) is 13.3. The van der Waals surface area contributed by atoms with Crippen LogP contribution in [0.4, 0.5) is 11.4 Å². The number of anilines is 2. The van der Waals surface area contributed by atoms with Gasteiger partial charge in [0.2, 0.25) is 0 Å². The fourth-order valence-electron chi connectivity index (χ4n) is 3.64. The van der Waals surface area contributed by atoms with E-state index in [2.05, 4.69) is 62.1 Å². The minimum Gasteiger partial charge on any atom is -0.371 e. The van der Waals surface area contributed by atoms with Crippen molar-refractivity contribution in [2.24, 2.45) is 0 Å². The van der Waals surface area contributed by atoms with Crippen molar-refractivity contribution in [3.63, 3.8) is 0 Å². The first kappa shape index (κ1) is 19.5. The summed E-state index contributed by atoms with van der Waals surface area (Å²) in [4.78, 5) is 23.9. The van der Waals surface area contributed by atoms with Crippen molar-refractivity contribution < 1.29 is 4.79 Å². The number of piperidine rings is 1. The van der Waals surface area contributed by atoms with Crippen LogP contribution in [0.5, 0.6) is 0 Å². The molecule has 0 spiro atoms. The maximum Gasteiger partial charge on any atom is 0.275 e. The zero-order valence-corrected chi connectivity index (χ0v) is 17.2. The number of carbonyl (C=O) groups excluding carboxylic acids is 1. The molecule has 1 fully saturated rings. The largest absolute Gasteiger partial charge is 0.371 e. The zero-order chi connectivity index (χ0) is 20.1. The van der Waals surface area contributed by atoms with E-state index in [1.807, 2.05) is 23.5 Å². The molecule has 1 aromatic carbocycles. The van der Waals surface area contributed by atoms with Gasteiger partial charge in [0.25, 0.3) is 5.91 Å². The molecule has 0 saturated carbocycles. The number of nitrogens with one attached hydrogen (secondary N) is 2. The Balaban J connectivity index is 1.28. The minimum absolute atomic E-state index is 0.252. The van der Waals surface area contributed by atoms with Crippen molar-refractivity contribution in [2.75, 3.05) is 23.3 Å². The molecule has 1 atom stereocenters. The highest BCUT2D eigenvalue weighted by atomic mass is 32.1. The van der Waals surface area contributed by atoms with Crippen LogP contribution >= 0.6 is 11.3 Å². The van der Waals surface area contributed by atoms with Crippen LogP contribution < -0.4 is 15.5 Å². The van der Waals surface area contributed by atoms with Crippen molar-refractivity contribution in [3.8, 4) is 0 Å². The Morgan fingerprint density at radius 3 is 2.62 bits per heavy atom. The van der Waals surface area contributed by atoms with E-state index < -0.39 is 0 Å². The second-order valence-corrected chi connectivity index (χ2v) is 8.24. The maximum absolute atomic E-state index is 12.2. The molecule has 1 aliphatic rings. The van der Waals surface area contributed by atoms with E-state index in [-0.39, 0.29) is 5.91 Å². The number of hydrogen-bond donors (Lipinski definition) is 2. The molecule has 1 amide bonds. The molecule has 0 bridgehead atoms. The third-order valence-electron chi connectivity index (χ3n) is 5.24. The minimum atomic E-state index is -0.252. The van der Waals surface area contributed by atoms with Crippen molar-refractivity contribution in [1.82, 2.24) is 15.3 Å². The van der Waals surface area contributed by atoms with E-state index in [0.29, 0.717) is 17.8 Å². The zero-order valence-electron chi connectivity index (χ0n) is 16.4. The van der Waals surface area contributed by atoms with Crippen molar-refractivity contribution in [1.29, 1.82) is 0 Å². The summed E-state index contributed by atoms with van der Waals surface area (Å²) in [6.45, 7) is 4.30. The molecule has 1 aliphatic heterocycles. The number of benzene rings is 1. The molecule has 6 nitrogen and oxygen atoms in total. The van der Waals surface area contributed by atoms with Gasteiger partial charge in [0.05, 0.1) is 6.20 Å².